The predicted molar refractivity (Wildman–Crippen MR) is 64.0 cm³/mol. The summed E-state index contributed by atoms with van der Waals surface area (Å²) in [7, 11) is 0. The van der Waals surface area contributed by atoms with Crippen LogP contribution in [-0.2, 0) is 4.79 Å². The van der Waals surface area contributed by atoms with E-state index in [2.05, 4.69) is 17.2 Å². The van der Waals surface area contributed by atoms with Gasteiger partial charge in [-0.2, -0.15) is 0 Å². The molecule has 3 nitrogen and oxygen atoms in total. The molecule has 0 spiro atoms. The summed E-state index contributed by atoms with van der Waals surface area (Å²) < 4.78 is 13.0. The molecule has 0 aliphatic carbocycles. The Morgan fingerprint density at radius 3 is 2.69 bits per heavy atom. The van der Waals surface area contributed by atoms with E-state index in [0.29, 0.717) is 11.4 Å². The predicted octanol–water partition coefficient (Wildman–Crippen LogP) is 2.77. The van der Waals surface area contributed by atoms with Gasteiger partial charge in [0.1, 0.15) is 5.82 Å². The molecule has 0 heterocycles. The maximum absolute atomic E-state index is 13.0. The number of rotatable bonds is 4. The molecular formula is C12H15FN2O. The van der Waals surface area contributed by atoms with Crippen molar-refractivity contribution in [3.05, 3.63) is 36.7 Å². The number of carbonyl (C=O) groups excluding carboxylic acids is 1. The van der Waals surface area contributed by atoms with Crippen molar-refractivity contribution in [2.75, 3.05) is 10.6 Å². The monoisotopic (exact) mass is 222 g/mol. The van der Waals surface area contributed by atoms with Gasteiger partial charge in [-0.25, -0.2) is 4.39 Å². The van der Waals surface area contributed by atoms with E-state index in [4.69, 9.17) is 0 Å². The summed E-state index contributed by atoms with van der Waals surface area (Å²) in [6, 6.07) is 4.31. The molecule has 0 radical (unpaired) electrons. The third-order valence-corrected chi connectivity index (χ3v) is 1.87. The first-order valence-corrected chi connectivity index (χ1v) is 5.02. The fourth-order valence-corrected chi connectivity index (χ4v) is 1.24. The summed E-state index contributed by atoms with van der Waals surface area (Å²) in [6.45, 7) is 7.23. The highest BCUT2D eigenvalue weighted by Crippen LogP contribution is 2.23. The molecule has 0 fully saturated rings. The third-order valence-electron chi connectivity index (χ3n) is 1.87. The van der Waals surface area contributed by atoms with Crippen LogP contribution in [0.1, 0.15) is 13.8 Å². The van der Waals surface area contributed by atoms with Gasteiger partial charge in [-0.1, -0.05) is 6.58 Å². The molecule has 0 bridgehead atoms. The van der Waals surface area contributed by atoms with Crippen molar-refractivity contribution >= 4 is 17.3 Å². The van der Waals surface area contributed by atoms with Crippen LogP contribution in [-0.4, -0.2) is 11.9 Å². The van der Waals surface area contributed by atoms with Gasteiger partial charge in [-0.15, -0.1) is 0 Å². The normalized spacial score (nSPS) is 10.0. The van der Waals surface area contributed by atoms with E-state index in [-0.39, 0.29) is 17.8 Å². The minimum absolute atomic E-state index is 0.154. The summed E-state index contributed by atoms with van der Waals surface area (Å²) in [6.07, 6.45) is 1.17. The van der Waals surface area contributed by atoms with Crippen LogP contribution in [0.2, 0.25) is 0 Å². The second kappa shape index (κ2) is 5.30. The van der Waals surface area contributed by atoms with Gasteiger partial charge in [0.05, 0.1) is 11.4 Å². The molecule has 16 heavy (non-hydrogen) atoms. The van der Waals surface area contributed by atoms with Crippen LogP contribution in [0.5, 0.6) is 0 Å². The fraction of sp³-hybridized carbons (Fsp3) is 0.250. The van der Waals surface area contributed by atoms with Crippen molar-refractivity contribution in [1.82, 2.24) is 0 Å². The van der Waals surface area contributed by atoms with Gasteiger partial charge in [0, 0.05) is 6.04 Å². The van der Waals surface area contributed by atoms with Crippen molar-refractivity contribution in [3.8, 4) is 0 Å². The summed E-state index contributed by atoms with van der Waals surface area (Å²) in [5.74, 6) is -0.668. The summed E-state index contributed by atoms with van der Waals surface area (Å²) in [5.41, 5.74) is 1.10. The lowest BCUT2D eigenvalue weighted by Gasteiger charge is -2.14. The Morgan fingerprint density at radius 2 is 2.12 bits per heavy atom. The molecule has 1 rings (SSSR count). The zero-order valence-electron chi connectivity index (χ0n) is 9.38. The number of hydrogen-bond acceptors (Lipinski definition) is 2. The van der Waals surface area contributed by atoms with E-state index in [9.17, 15) is 9.18 Å². The van der Waals surface area contributed by atoms with Gasteiger partial charge < -0.3 is 10.6 Å². The number of anilines is 2. The molecule has 2 N–H and O–H groups in total. The summed E-state index contributed by atoms with van der Waals surface area (Å²) >= 11 is 0. The van der Waals surface area contributed by atoms with E-state index in [1.165, 1.54) is 24.3 Å². The minimum atomic E-state index is -0.347. The molecule has 0 saturated carbocycles. The Kier molecular flexibility index (Phi) is 4.05. The molecule has 0 unspecified atom stereocenters. The first kappa shape index (κ1) is 12.2. The summed E-state index contributed by atoms with van der Waals surface area (Å²) in [4.78, 5) is 11.2. The topological polar surface area (TPSA) is 41.1 Å². The molecule has 0 aromatic heterocycles. The number of carbonyl (C=O) groups is 1. The average molecular weight is 222 g/mol. The van der Waals surface area contributed by atoms with Crippen LogP contribution in [0.3, 0.4) is 0 Å². The summed E-state index contributed by atoms with van der Waals surface area (Å²) in [5, 5.41) is 5.66. The maximum Gasteiger partial charge on any atom is 0.247 e. The number of nitrogens with one attached hydrogen (secondary N) is 2. The van der Waals surface area contributed by atoms with E-state index in [0.717, 1.165) is 0 Å². The van der Waals surface area contributed by atoms with Crippen LogP contribution in [0.25, 0.3) is 0 Å². The second-order valence-electron chi connectivity index (χ2n) is 3.68. The van der Waals surface area contributed by atoms with E-state index in [1.807, 2.05) is 13.8 Å². The van der Waals surface area contributed by atoms with E-state index in [1.54, 1.807) is 0 Å². The number of amides is 1. The Balaban J connectivity index is 2.97. The van der Waals surface area contributed by atoms with Crippen LogP contribution in [0.15, 0.2) is 30.9 Å². The number of hydrogen-bond donors (Lipinski definition) is 2. The number of halogens is 1. The van der Waals surface area contributed by atoms with E-state index >= 15 is 0 Å². The molecule has 4 heteroatoms. The van der Waals surface area contributed by atoms with Gasteiger partial charge in [0.15, 0.2) is 0 Å². The average Bonchev–Trinajstić information content (AvgIpc) is 2.21. The quantitative estimate of drug-likeness (QED) is 0.769. The minimum Gasteiger partial charge on any atom is -0.381 e. The molecule has 1 aromatic rings. The molecular weight excluding hydrogens is 207 g/mol. The number of benzene rings is 1. The molecule has 86 valence electrons. The first-order chi connectivity index (χ1) is 7.52. The van der Waals surface area contributed by atoms with Crippen molar-refractivity contribution in [1.29, 1.82) is 0 Å². The van der Waals surface area contributed by atoms with Gasteiger partial charge in [-0.3, -0.25) is 4.79 Å². The van der Waals surface area contributed by atoms with Crippen molar-refractivity contribution < 1.29 is 9.18 Å². The molecule has 0 aliphatic heterocycles. The van der Waals surface area contributed by atoms with Gasteiger partial charge in [-0.05, 0) is 38.1 Å². The highest BCUT2D eigenvalue weighted by atomic mass is 19.1. The van der Waals surface area contributed by atoms with Crippen molar-refractivity contribution in [2.45, 2.75) is 19.9 Å². The highest BCUT2D eigenvalue weighted by molar-refractivity contribution is 6.01. The molecule has 0 atom stereocenters. The zero-order valence-corrected chi connectivity index (χ0v) is 9.38. The smallest absolute Gasteiger partial charge is 0.247 e. The first-order valence-electron chi connectivity index (χ1n) is 5.02. The lowest BCUT2D eigenvalue weighted by molar-refractivity contribution is -0.111. The third kappa shape index (κ3) is 3.38. The molecule has 0 aliphatic rings. The van der Waals surface area contributed by atoms with Crippen LogP contribution in [0.4, 0.5) is 15.8 Å². The van der Waals surface area contributed by atoms with Gasteiger partial charge in [0.25, 0.3) is 0 Å². The Labute approximate surface area is 94.4 Å². The lowest BCUT2D eigenvalue weighted by Crippen LogP contribution is -2.14. The molecule has 1 aromatic carbocycles. The molecule has 1 amide bonds. The Morgan fingerprint density at radius 1 is 1.44 bits per heavy atom. The lowest BCUT2D eigenvalue weighted by atomic mass is 10.2. The zero-order chi connectivity index (χ0) is 12.1. The van der Waals surface area contributed by atoms with Gasteiger partial charge in [0.2, 0.25) is 5.91 Å². The van der Waals surface area contributed by atoms with Crippen molar-refractivity contribution in [3.63, 3.8) is 0 Å². The molecule has 0 saturated heterocycles. The SMILES string of the molecule is C=CC(=O)Nc1ccc(F)cc1NC(C)C. The van der Waals surface area contributed by atoms with Gasteiger partial charge >= 0.3 is 0 Å². The second-order valence-corrected chi connectivity index (χ2v) is 3.68. The van der Waals surface area contributed by atoms with Crippen LogP contribution < -0.4 is 10.6 Å². The van der Waals surface area contributed by atoms with Crippen LogP contribution >= 0.6 is 0 Å². The fourth-order valence-electron chi connectivity index (χ4n) is 1.24. The Bertz CT molecular complexity index is 402. The van der Waals surface area contributed by atoms with Crippen LogP contribution in [0, 0.1) is 5.82 Å². The Hall–Kier alpha value is -1.84. The highest BCUT2D eigenvalue weighted by Gasteiger charge is 2.06. The maximum atomic E-state index is 13.0. The van der Waals surface area contributed by atoms with E-state index < -0.39 is 0 Å². The van der Waals surface area contributed by atoms with Crippen molar-refractivity contribution in [2.24, 2.45) is 0 Å². The standard InChI is InChI=1S/C12H15FN2O/c1-4-12(16)15-10-6-5-9(13)7-11(10)14-8(2)3/h4-8,14H,1H2,2-3H3,(H,15,16). The largest absolute Gasteiger partial charge is 0.381 e.